The van der Waals surface area contributed by atoms with E-state index in [9.17, 15) is 14.7 Å². The summed E-state index contributed by atoms with van der Waals surface area (Å²) in [6.45, 7) is 14.5. The number of aliphatic hydroxyl groups is 1. The molecule has 10 atom stereocenters. The number of hydrogen-bond donors (Lipinski definition) is 2. The summed E-state index contributed by atoms with van der Waals surface area (Å²) in [5.74, 6) is 4.78. The van der Waals surface area contributed by atoms with Gasteiger partial charge in [0.05, 0.1) is 12.1 Å². The maximum Gasteiger partial charge on any atom is 0.407 e. The average Bonchev–Trinajstić information content (AvgIpc) is 3.45. The zero-order valence-corrected chi connectivity index (χ0v) is 25.6. The van der Waals surface area contributed by atoms with Gasteiger partial charge >= 0.3 is 6.09 Å². The predicted molar refractivity (Wildman–Crippen MR) is 154 cm³/mol. The highest BCUT2D eigenvalue weighted by Crippen LogP contribution is 2.68. The second-order valence-corrected chi connectivity index (χ2v) is 15.8. The molecule has 4 aliphatic carbocycles. The first-order valence-corrected chi connectivity index (χ1v) is 16.3. The Kier molecular flexibility index (Phi) is 8.11. The van der Waals surface area contributed by atoms with Crippen molar-refractivity contribution < 1.29 is 19.4 Å². The van der Waals surface area contributed by atoms with Gasteiger partial charge in [-0.1, -0.05) is 20.8 Å². The fourth-order valence-corrected chi connectivity index (χ4v) is 10.5. The van der Waals surface area contributed by atoms with E-state index >= 15 is 0 Å². The van der Waals surface area contributed by atoms with Crippen LogP contribution in [0, 0.1) is 46.3 Å². The zero-order valence-electron chi connectivity index (χ0n) is 25.6. The first kappa shape index (κ1) is 29.2. The number of likely N-dealkylation sites (tertiary alicyclic amines) is 1. The van der Waals surface area contributed by atoms with Crippen LogP contribution in [0.2, 0.25) is 0 Å². The van der Waals surface area contributed by atoms with Gasteiger partial charge in [0.1, 0.15) is 5.60 Å². The van der Waals surface area contributed by atoms with E-state index in [1.807, 2.05) is 25.7 Å². The Balaban J connectivity index is 1.13. The summed E-state index contributed by atoms with van der Waals surface area (Å²) in [7, 11) is 0. The van der Waals surface area contributed by atoms with Gasteiger partial charge in [0.25, 0.3) is 0 Å². The molecule has 4 saturated carbocycles. The van der Waals surface area contributed by atoms with Crippen molar-refractivity contribution >= 4 is 12.0 Å². The van der Waals surface area contributed by atoms with Gasteiger partial charge in [-0.25, -0.2) is 4.79 Å². The standard InChI is InChI=1S/C33H56N2O4/c1-21(7-12-29(37)35-18-15-23(20-35)34-30(38)39-31(2,3)4)26-10-11-27-25-9-8-22-19-24(36)13-16-32(22,5)28(25)14-17-33(26,27)6/h21-28,36H,7-20H2,1-6H3,(H,34,38)/t21-,22+,23+,24+,25+,26-,27+,28+,32+,33-/m1/s1. The molecule has 2 N–H and O–H groups in total. The molecular weight excluding hydrogens is 488 g/mol. The van der Waals surface area contributed by atoms with Crippen molar-refractivity contribution in [2.75, 3.05) is 13.1 Å². The Morgan fingerprint density at radius 3 is 2.46 bits per heavy atom. The number of aliphatic hydroxyl groups excluding tert-OH is 1. The van der Waals surface area contributed by atoms with E-state index in [2.05, 4.69) is 26.1 Å². The molecule has 6 nitrogen and oxygen atoms in total. The molecule has 0 aromatic carbocycles. The maximum atomic E-state index is 13.1. The van der Waals surface area contributed by atoms with E-state index in [0.717, 1.165) is 61.8 Å². The third-order valence-electron chi connectivity index (χ3n) is 12.5. The molecule has 39 heavy (non-hydrogen) atoms. The van der Waals surface area contributed by atoms with Gasteiger partial charge < -0.3 is 20.1 Å². The number of nitrogens with one attached hydrogen (secondary N) is 1. The van der Waals surface area contributed by atoms with E-state index in [0.29, 0.717) is 29.7 Å². The van der Waals surface area contributed by atoms with Crippen molar-refractivity contribution in [2.45, 2.75) is 136 Å². The highest BCUT2D eigenvalue weighted by molar-refractivity contribution is 5.76. The number of fused-ring (bicyclic) bond motifs is 5. The minimum atomic E-state index is -0.514. The molecule has 2 amide bonds. The molecule has 5 aliphatic rings. The molecule has 5 rings (SSSR count). The summed E-state index contributed by atoms with van der Waals surface area (Å²) in [4.78, 5) is 27.2. The summed E-state index contributed by atoms with van der Waals surface area (Å²) >= 11 is 0. The van der Waals surface area contributed by atoms with Gasteiger partial charge in [-0.3, -0.25) is 4.79 Å². The monoisotopic (exact) mass is 544 g/mol. The number of rotatable bonds is 5. The Morgan fingerprint density at radius 2 is 1.72 bits per heavy atom. The van der Waals surface area contributed by atoms with E-state index in [1.165, 1.54) is 44.9 Å². The molecule has 0 spiro atoms. The quantitative estimate of drug-likeness (QED) is 0.411. The molecule has 1 saturated heterocycles. The highest BCUT2D eigenvalue weighted by atomic mass is 16.6. The second kappa shape index (κ2) is 10.8. The number of alkyl carbamates (subject to hydrolysis) is 1. The summed E-state index contributed by atoms with van der Waals surface area (Å²) in [6.07, 6.45) is 13.3. The van der Waals surface area contributed by atoms with E-state index in [4.69, 9.17) is 4.74 Å². The molecule has 1 aliphatic heterocycles. The number of hydrogen-bond acceptors (Lipinski definition) is 4. The summed E-state index contributed by atoms with van der Waals surface area (Å²) in [5, 5.41) is 13.3. The Bertz CT molecular complexity index is 916. The molecule has 6 heteroatoms. The third kappa shape index (κ3) is 5.75. The van der Waals surface area contributed by atoms with Crippen molar-refractivity contribution in [3.05, 3.63) is 0 Å². The van der Waals surface area contributed by atoms with E-state index < -0.39 is 11.7 Å². The molecular formula is C33H56N2O4. The molecule has 0 aromatic rings. The van der Waals surface area contributed by atoms with Crippen LogP contribution in [0.3, 0.4) is 0 Å². The molecule has 1 heterocycles. The lowest BCUT2D eigenvalue weighted by atomic mass is 9.44. The topological polar surface area (TPSA) is 78.9 Å². The van der Waals surface area contributed by atoms with Crippen molar-refractivity contribution in [2.24, 2.45) is 46.3 Å². The molecule has 0 bridgehead atoms. The lowest BCUT2D eigenvalue weighted by Crippen LogP contribution is -2.54. The molecule has 0 radical (unpaired) electrons. The zero-order chi connectivity index (χ0) is 28.2. The minimum Gasteiger partial charge on any atom is -0.444 e. The van der Waals surface area contributed by atoms with Crippen LogP contribution in [-0.4, -0.2) is 52.8 Å². The lowest BCUT2D eigenvalue weighted by Gasteiger charge is -2.61. The number of carbonyl (C=O) groups is 2. The van der Waals surface area contributed by atoms with Crippen LogP contribution in [0.25, 0.3) is 0 Å². The average molecular weight is 545 g/mol. The van der Waals surface area contributed by atoms with Crippen molar-refractivity contribution in [1.29, 1.82) is 0 Å². The summed E-state index contributed by atoms with van der Waals surface area (Å²) < 4.78 is 5.39. The summed E-state index contributed by atoms with van der Waals surface area (Å²) in [6, 6.07) is -0.0183. The van der Waals surface area contributed by atoms with Crippen molar-refractivity contribution in [3.63, 3.8) is 0 Å². The van der Waals surface area contributed by atoms with Crippen LogP contribution in [0.15, 0.2) is 0 Å². The van der Waals surface area contributed by atoms with Gasteiger partial charge in [-0.05, 0) is 138 Å². The number of amides is 2. The first-order valence-electron chi connectivity index (χ1n) is 16.3. The SMILES string of the molecule is C[C@H](CCC(=O)N1CC[C@H](NC(=O)OC(C)(C)C)C1)[C@H]1CC[C@H]2[C@@H]3CC[C@H]4C[C@@H](O)CC[C@]4(C)[C@H]3CC[C@]12C. The van der Waals surface area contributed by atoms with Gasteiger partial charge in [0.15, 0.2) is 0 Å². The smallest absolute Gasteiger partial charge is 0.407 e. The number of carbonyl (C=O) groups excluding carboxylic acids is 2. The van der Waals surface area contributed by atoms with Crippen LogP contribution >= 0.6 is 0 Å². The maximum absolute atomic E-state index is 13.1. The van der Waals surface area contributed by atoms with Crippen LogP contribution in [0.5, 0.6) is 0 Å². The third-order valence-corrected chi connectivity index (χ3v) is 12.5. The predicted octanol–water partition coefficient (Wildman–Crippen LogP) is 6.55. The number of ether oxygens (including phenoxy) is 1. The fraction of sp³-hybridized carbons (Fsp3) is 0.939. The molecule has 0 unspecified atom stereocenters. The second-order valence-electron chi connectivity index (χ2n) is 15.8. The minimum absolute atomic E-state index is 0.0183. The van der Waals surface area contributed by atoms with Gasteiger partial charge in [-0.2, -0.15) is 0 Å². The van der Waals surface area contributed by atoms with E-state index in [-0.39, 0.29) is 18.1 Å². The van der Waals surface area contributed by atoms with Crippen molar-refractivity contribution in [3.8, 4) is 0 Å². The lowest BCUT2D eigenvalue weighted by molar-refractivity contribution is -0.132. The van der Waals surface area contributed by atoms with Gasteiger partial charge in [0, 0.05) is 19.5 Å². The van der Waals surface area contributed by atoms with Crippen molar-refractivity contribution in [1.82, 2.24) is 10.2 Å². The van der Waals surface area contributed by atoms with Gasteiger partial charge in [0.2, 0.25) is 5.91 Å². The van der Waals surface area contributed by atoms with Crippen LogP contribution < -0.4 is 5.32 Å². The Labute approximate surface area is 237 Å². The molecule has 222 valence electrons. The Morgan fingerprint density at radius 1 is 1.00 bits per heavy atom. The Hall–Kier alpha value is -1.30. The van der Waals surface area contributed by atoms with Gasteiger partial charge in [-0.15, -0.1) is 0 Å². The van der Waals surface area contributed by atoms with Crippen LogP contribution in [-0.2, 0) is 9.53 Å². The number of nitrogens with zero attached hydrogens (tertiary/aromatic N) is 1. The molecule has 5 fully saturated rings. The first-order chi connectivity index (χ1) is 18.3. The van der Waals surface area contributed by atoms with Crippen LogP contribution in [0.1, 0.15) is 119 Å². The molecule has 0 aromatic heterocycles. The largest absolute Gasteiger partial charge is 0.444 e. The highest BCUT2D eigenvalue weighted by Gasteiger charge is 2.60. The van der Waals surface area contributed by atoms with Crippen LogP contribution in [0.4, 0.5) is 4.79 Å². The normalized spacial score (nSPS) is 42.7. The van der Waals surface area contributed by atoms with E-state index in [1.54, 1.807) is 0 Å². The summed E-state index contributed by atoms with van der Waals surface area (Å²) in [5.41, 5.74) is 0.336. The fourth-order valence-electron chi connectivity index (χ4n) is 10.5.